The van der Waals surface area contributed by atoms with E-state index in [4.69, 9.17) is 9.47 Å². The van der Waals surface area contributed by atoms with E-state index in [1.807, 2.05) is 29.2 Å². The van der Waals surface area contributed by atoms with E-state index in [9.17, 15) is 4.79 Å². The molecule has 0 aromatic heterocycles. The summed E-state index contributed by atoms with van der Waals surface area (Å²) in [6.07, 6.45) is 1.53. The van der Waals surface area contributed by atoms with Crippen molar-refractivity contribution in [2.45, 2.75) is 30.9 Å². The van der Waals surface area contributed by atoms with E-state index in [1.54, 1.807) is 0 Å². The monoisotopic (exact) mass is 364 g/mol. The number of carbonyl (C=O) groups is 1. The summed E-state index contributed by atoms with van der Waals surface area (Å²) in [5.41, 5.74) is 2.72. The van der Waals surface area contributed by atoms with Gasteiger partial charge in [-0.05, 0) is 49.2 Å². The molecule has 5 rings (SSSR count). The van der Waals surface area contributed by atoms with Crippen molar-refractivity contribution in [2.24, 2.45) is 0 Å². The highest BCUT2D eigenvalue weighted by Gasteiger charge is 2.43. The number of nitrogens with zero attached hydrogens (tertiary/aromatic N) is 1. The highest BCUT2D eigenvalue weighted by atomic mass is 16.6. The minimum atomic E-state index is -0.580. The molecule has 1 atom stereocenters. The molecule has 0 aliphatic carbocycles. The SMILES string of the molecule is O=C([C@H]1COc2ccccc2O1)N1Cc2ccccc2C2(CCNCC2)C1. The highest BCUT2D eigenvalue weighted by Crippen LogP contribution is 2.41. The molecule has 0 radical (unpaired) electrons. The molecule has 2 aromatic rings. The average molecular weight is 364 g/mol. The van der Waals surface area contributed by atoms with Crippen LogP contribution >= 0.6 is 0 Å². The van der Waals surface area contributed by atoms with Gasteiger partial charge in [-0.3, -0.25) is 4.79 Å². The Labute approximate surface area is 159 Å². The lowest BCUT2D eigenvalue weighted by atomic mass is 9.69. The third-order valence-corrected chi connectivity index (χ3v) is 6.10. The number of benzene rings is 2. The van der Waals surface area contributed by atoms with Crippen molar-refractivity contribution in [1.82, 2.24) is 10.2 Å². The number of para-hydroxylation sites is 2. The highest BCUT2D eigenvalue weighted by molar-refractivity contribution is 5.82. The number of piperidine rings is 1. The first-order valence-corrected chi connectivity index (χ1v) is 9.72. The molecule has 1 N–H and O–H groups in total. The quantitative estimate of drug-likeness (QED) is 0.845. The Kier molecular flexibility index (Phi) is 4.05. The van der Waals surface area contributed by atoms with Crippen LogP contribution in [0.25, 0.3) is 0 Å². The Morgan fingerprint density at radius 3 is 2.63 bits per heavy atom. The number of carbonyl (C=O) groups excluding carboxylic acids is 1. The molecule has 3 aliphatic rings. The summed E-state index contributed by atoms with van der Waals surface area (Å²) in [5, 5.41) is 3.46. The molecular weight excluding hydrogens is 340 g/mol. The van der Waals surface area contributed by atoms with Crippen LogP contribution in [0, 0.1) is 0 Å². The number of ether oxygens (including phenoxy) is 2. The number of rotatable bonds is 1. The van der Waals surface area contributed by atoms with E-state index in [2.05, 4.69) is 29.6 Å². The minimum Gasteiger partial charge on any atom is -0.485 e. The molecule has 1 saturated heterocycles. The van der Waals surface area contributed by atoms with Crippen molar-refractivity contribution < 1.29 is 14.3 Å². The molecule has 3 heterocycles. The van der Waals surface area contributed by atoms with Crippen LogP contribution in [0.1, 0.15) is 24.0 Å². The van der Waals surface area contributed by atoms with Crippen molar-refractivity contribution >= 4 is 5.91 Å². The van der Waals surface area contributed by atoms with Gasteiger partial charge in [0.15, 0.2) is 11.5 Å². The first kappa shape index (κ1) is 16.6. The Morgan fingerprint density at radius 1 is 1.04 bits per heavy atom. The first-order chi connectivity index (χ1) is 13.3. The smallest absolute Gasteiger partial charge is 0.267 e. The lowest BCUT2D eigenvalue weighted by Crippen LogP contribution is -2.55. The summed E-state index contributed by atoms with van der Waals surface area (Å²) in [6.45, 7) is 3.65. The summed E-state index contributed by atoms with van der Waals surface area (Å²) in [5.74, 6) is 1.38. The second-order valence-electron chi connectivity index (χ2n) is 7.75. The Morgan fingerprint density at radius 2 is 1.78 bits per heavy atom. The van der Waals surface area contributed by atoms with Gasteiger partial charge in [-0.15, -0.1) is 0 Å². The van der Waals surface area contributed by atoms with Gasteiger partial charge >= 0.3 is 0 Å². The molecular formula is C22H24N2O3. The summed E-state index contributed by atoms with van der Waals surface area (Å²) in [7, 11) is 0. The van der Waals surface area contributed by atoms with Crippen LogP contribution in [0.3, 0.4) is 0 Å². The second kappa shape index (κ2) is 6.57. The van der Waals surface area contributed by atoms with E-state index in [0.29, 0.717) is 18.0 Å². The predicted molar refractivity (Wildman–Crippen MR) is 102 cm³/mol. The van der Waals surface area contributed by atoms with Crippen molar-refractivity contribution in [1.29, 1.82) is 0 Å². The van der Waals surface area contributed by atoms with Crippen LogP contribution < -0.4 is 14.8 Å². The van der Waals surface area contributed by atoms with Gasteiger partial charge in [0.2, 0.25) is 6.10 Å². The topological polar surface area (TPSA) is 50.8 Å². The molecule has 0 saturated carbocycles. The maximum Gasteiger partial charge on any atom is 0.267 e. The zero-order valence-electron chi connectivity index (χ0n) is 15.3. The zero-order valence-corrected chi connectivity index (χ0v) is 15.3. The van der Waals surface area contributed by atoms with Gasteiger partial charge < -0.3 is 19.7 Å². The van der Waals surface area contributed by atoms with Gasteiger partial charge in [-0.2, -0.15) is 0 Å². The first-order valence-electron chi connectivity index (χ1n) is 9.72. The molecule has 1 spiro atoms. The molecule has 5 heteroatoms. The minimum absolute atomic E-state index is 0.0249. The van der Waals surface area contributed by atoms with Gasteiger partial charge in [-0.1, -0.05) is 36.4 Å². The van der Waals surface area contributed by atoms with Crippen LogP contribution in [-0.2, 0) is 16.8 Å². The molecule has 0 unspecified atom stereocenters. The Balaban J connectivity index is 1.42. The van der Waals surface area contributed by atoms with E-state index in [-0.39, 0.29) is 17.9 Å². The van der Waals surface area contributed by atoms with Gasteiger partial charge in [-0.25, -0.2) is 0 Å². The lowest BCUT2D eigenvalue weighted by molar-refractivity contribution is -0.143. The van der Waals surface area contributed by atoms with Crippen LogP contribution in [0.2, 0.25) is 0 Å². The van der Waals surface area contributed by atoms with E-state index in [1.165, 1.54) is 11.1 Å². The molecule has 27 heavy (non-hydrogen) atoms. The number of hydrogen-bond donors (Lipinski definition) is 1. The third kappa shape index (κ3) is 2.86. The standard InChI is InChI=1S/C22H24N2O3/c25-21(20-14-26-18-7-3-4-8-19(18)27-20)24-13-16-5-1-2-6-17(16)22(15-24)9-11-23-12-10-22/h1-8,20,23H,9-15H2/t20-/m1/s1. The fourth-order valence-corrected chi connectivity index (χ4v) is 4.72. The summed E-state index contributed by atoms with van der Waals surface area (Å²) in [6, 6.07) is 16.1. The zero-order chi connectivity index (χ0) is 18.3. The molecule has 140 valence electrons. The molecule has 1 fully saturated rings. The number of amides is 1. The Hall–Kier alpha value is -2.53. The van der Waals surface area contributed by atoms with Crippen molar-refractivity contribution in [3.8, 4) is 11.5 Å². The third-order valence-electron chi connectivity index (χ3n) is 6.10. The van der Waals surface area contributed by atoms with Crippen molar-refractivity contribution in [3.63, 3.8) is 0 Å². The maximum atomic E-state index is 13.3. The van der Waals surface area contributed by atoms with Crippen molar-refractivity contribution in [2.75, 3.05) is 26.2 Å². The van der Waals surface area contributed by atoms with Crippen LogP contribution in [0.5, 0.6) is 11.5 Å². The normalized spacial score (nSPS) is 23.0. The maximum absolute atomic E-state index is 13.3. The van der Waals surface area contributed by atoms with Gasteiger partial charge in [0.1, 0.15) is 6.61 Å². The average Bonchev–Trinajstić information content (AvgIpc) is 2.73. The Bertz CT molecular complexity index is 860. The number of nitrogens with one attached hydrogen (secondary N) is 1. The fraction of sp³-hybridized carbons (Fsp3) is 0.409. The molecule has 1 amide bonds. The largest absolute Gasteiger partial charge is 0.485 e. The fourth-order valence-electron chi connectivity index (χ4n) is 4.72. The van der Waals surface area contributed by atoms with Gasteiger partial charge in [0, 0.05) is 18.5 Å². The van der Waals surface area contributed by atoms with Gasteiger partial charge in [0.05, 0.1) is 0 Å². The summed E-state index contributed by atoms with van der Waals surface area (Å²) >= 11 is 0. The molecule has 0 bridgehead atoms. The second-order valence-corrected chi connectivity index (χ2v) is 7.75. The van der Waals surface area contributed by atoms with E-state index >= 15 is 0 Å². The molecule has 2 aromatic carbocycles. The van der Waals surface area contributed by atoms with Crippen LogP contribution in [0.15, 0.2) is 48.5 Å². The number of fused-ring (bicyclic) bond motifs is 3. The van der Waals surface area contributed by atoms with E-state index < -0.39 is 6.10 Å². The van der Waals surface area contributed by atoms with E-state index in [0.717, 1.165) is 32.5 Å². The van der Waals surface area contributed by atoms with Crippen molar-refractivity contribution in [3.05, 3.63) is 59.7 Å². The number of hydrogen-bond acceptors (Lipinski definition) is 4. The lowest BCUT2D eigenvalue weighted by Gasteiger charge is -2.47. The predicted octanol–water partition coefficient (Wildman–Crippen LogP) is 2.49. The van der Waals surface area contributed by atoms with Gasteiger partial charge in [0.25, 0.3) is 5.91 Å². The van der Waals surface area contributed by atoms with Crippen LogP contribution in [0.4, 0.5) is 0 Å². The van der Waals surface area contributed by atoms with Crippen LogP contribution in [-0.4, -0.2) is 43.2 Å². The molecule has 3 aliphatic heterocycles. The summed E-state index contributed by atoms with van der Waals surface area (Å²) in [4.78, 5) is 15.3. The summed E-state index contributed by atoms with van der Waals surface area (Å²) < 4.78 is 11.8. The molecule has 5 nitrogen and oxygen atoms in total.